The van der Waals surface area contributed by atoms with Crippen LogP contribution in [-0.4, -0.2) is 37.3 Å². The normalized spacial score (nSPS) is 16.8. The van der Waals surface area contributed by atoms with Crippen LogP contribution in [0.25, 0.3) is 11.6 Å². The summed E-state index contributed by atoms with van der Waals surface area (Å²) in [6.07, 6.45) is 3.03. The number of fused-ring (bicyclic) bond motifs is 1. The Kier molecular flexibility index (Phi) is 3.49. The summed E-state index contributed by atoms with van der Waals surface area (Å²) in [7, 11) is 1.93. The molecule has 0 aromatic carbocycles. The molecule has 26 heavy (non-hydrogen) atoms. The molecular weight excluding hydrogens is 350 g/mol. The molecule has 1 fully saturated rings. The molecule has 2 aliphatic rings. The fraction of sp³-hybridized carbons (Fsp3) is 0.444. The van der Waals surface area contributed by atoms with Crippen molar-refractivity contribution in [3.8, 4) is 11.6 Å². The summed E-state index contributed by atoms with van der Waals surface area (Å²) in [5, 5.41) is 8.71. The largest absolute Gasteiger partial charge is 0.333 e. The van der Waals surface area contributed by atoms with Gasteiger partial charge >= 0.3 is 0 Å². The van der Waals surface area contributed by atoms with Crippen LogP contribution in [-0.2, 0) is 20.0 Å². The number of rotatable bonds is 3. The first kappa shape index (κ1) is 15.7. The maximum atomic E-state index is 12.8. The molecule has 0 N–H and O–H groups in total. The van der Waals surface area contributed by atoms with Gasteiger partial charge in [-0.1, -0.05) is 5.16 Å². The van der Waals surface area contributed by atoms with E-state index >= 15 is 0 Å². The molecule has 0 spiro atoms. The first-order chi connectivity index (χ1) is 12.6. The molecule has 134 valence electrons. The average molecular weight is 369 g/mol. The number of amides is 1. The fourth-order valence-corrected chi connectivity index (χ4v) is 4.32. The van der Waals surface area contributed by atoms with Crippen molar-refractivity contribution in [1.82, 2.24) is 24.8 Å². The quantitative estimate of drug-likeness (QED) is 0.709. The maximum absolute atomic E-state index is 12.8. The van der Waals surface area contributed by atoms with Gasteiger partial charge in [0, 0.05) is 42.1 Å². The van der Waals surface area contributed by atoms with Crippen LogP contribution in [0, 0.1) is 6.92 Å². The molecule has 1 aliphatic carbocycles. The fourth-order valence-electron chi connectivity index (χ4n) is 3.48. The van der Waals surface area contributed by atoms with Gasteiger partial charge in [-0.05, 0) is 31.9 Å². The lowest BCUT2D eigenvalue weighted by molar-refractivity contribution is 0.0738. The molecule has 0 unspecified atom stereocenters. The van der Waals surface area contributed by atoms with E-state index in [1.807, 2.05) is 35.7 Å². The van der Waals surface area contributed by atoms with Gasteiger partial charge < -0.3 is 9.42 Å². The molecule has 0 bridgehead atoms. The number of aromatic nitrogens is 4. The van der Waals surface area contributed by atoms with E-state index in [9.17, 15) is 4.79 Å². The molecule has 0 atom stereocenters. The third-order valence-electron chi connectivity index (χ3n) is 5.07. The van der Waals surface area contributed by atoms with Gasteiger partial charge in [0.05, 0.1) is 11.4 Å². The summed E-state index contributed by atoms with van der Waals surface area (Å²) in [6.45, 7) is 3.23. The van der Waals surface area contributed by atoms with Crippen LogP contribution in [0.5, 0.6) is 0 Å². The molecule has 0 radical (unpaired) electrons. The molecule has 3 aromatic rings. The van der Waals surface area contributed by atoms with E-state index < -0.39 is 0 Å². The minimum Gasteiger partial charge on any atom is -0.333 e. The van der Waals surface area contributed by atoms with E-state index in [-0.39, 0.29) is 5.91 Å². The molecule has 1 saturated carbocycles. The number of nitrogens with zero attached hydrogens (tertiary/aromatic N) is 5. The molecule has 3 aromatic heterocycles. The second kappa shape index (κ2) is 5.77. The summed E-state index contributed by atoms with van der Waals surface area (Å²) in [4.78, 5) is 21.2. The van der Waals surface area contributed by atoms with Gasteiger partial charge in [0.25, 0.3) is 11.8 Å². The standard InChI is InChI=1S/C18H19N5O2S/c1-10-3-6-14(26-10)18(24)23-8-7-13-12(9-23)15(20-22(13)2)17-19-16(21-25-17)11-4-5-11/h3,6,11H,4-5,7-9H2,1-2H3. The first-order valence-electron chi connectivity index (χ1n) is 8.84. The van der Waals surface area contributed by atoms with Crippen LogP contribution >= 0.6 is 11.3 Å². The van der Waals surface area contributed by atoms with Crippen molar-refractivity contribution in [2.75, 3.05) is 6.54 Å². The summed E-state index contributed by atoms with van der Waals surface area (Å²) in [5.74, 6) is 1.75. The highest BCUT2D eigenvalue weighted by atomic mass is 32.1. The van der Waals surface area contributed by atoms with Crippen LogP contribution in [0.2, 0.25) is 0 Å². The number of aryl methyl sites for hydroxylation is 2. The Balaban J connectivity index is 1.47. The van der Waals surface area contributed by atoms with Crippen LogP contribution in [0.4, 0.5) is 0 Å². The van der Waals surface area contributed by atoms with Crippen LogP contribution < -0.4 is 0 Å². The molecule has 5 rings (SSSR count). The smallest absolute Gasteiger partial charge is 0.278 e. The van der Waals surface area contributed by atoms with Crippen molar-refractivity contribution in [2.45, 2.75) is 38.6 Å². The second-order valence-corrected chi connectivity index (χ2v) is 8.30. The zero-order valence-electron chi connectivity index (χ0n) is 14.7. The van der Waals surface area contributed by atoms with E-state index in [4.69, 9.17) is 4.52 Å². The minimum absolute atomic E-state index is 0.0766. The minimum atomic E-state index is 0.0766. The second-order valence-electron chi connectivity index (χ2n) is 7.02. The Morgan fingerprint density at radius 3 is 2.92 bits per heavy atom. The molecule has 1 amide bonds. The lowest BCUT2D eigenvalue weighted by atomic mass is 10.0. The summed E-state index contributed by atoms with van der Waals surface area (Å²) in [6, 6.07) is 3.89. The molecule has 1 aliphatic heterocycles. The van der Waals surface area contributed by atoms with E-state index in [0.29, 0.717) is 30.6 Å². The van der Waals surface area contributed by atoms with Crippen molar-refractivity contribution in [2.24, 2.45) is 7.05 Å². The highest BCUT2D eigenvalue weighted by Gasteiger charge is 2.33. The predicted molar refractivity (Wildman–Crippen MR) is 96.0 cm³/mol. The van der Waals surface area contributed by atoms with Crippen molar-refractivity contribution < 1.29 is 9.32 Å². The van der Waals surface area contributed by atoms with Crippen molar-refractivity contribution in [1.29, 1.82) is 0 Å². The van der Waals surface area contributed by atoms with Gasteiger partial charge in [0.15, 0.2) is 11.5 Å². The van der Waals surface area contributed by atoms with Gasteiger partial charge in [-0.3, -0.25) is 9.48 Å². The first-order valence-corrected chi connectivity index (χ1v) is 9.66. The van der Waals surface area contributed by atoms with Gasteiger partial charge in [0.2, 0.25) is 0 Å². The zero-order chi connectivity index (χ0) is 17.8. The Morgan fingerprint density at radius 2 is 2.19 bits per heavy atom. The van der Waals surface area contributed by atoms with E-state index in [0.717, 1.165) is 46.1 Å². The number of thiophene rings is 1. The van der Waals surface area contributed by atoms with Crippen molar-refractivity contribution in [3.05, 3.63) is 39.0 Å². The predicted octanol–water partition coefficient (Wildman–Crippen LogP) is 2.92. The highest BCUT2D eigenvalue weighted by Crippen LogP contribution is 2.39. The van der Waals surface area contributed by atoms with Crippen LogP contribution in [0.1, 0.15) is 50.4 Å². The Bertz CT molecular complexity index is 997. The molecule has 0 saturated heterocycles. The average Bonchev–Trinajstić information content (AvgIpc) is 3.07. The number of hydrogen-bond acceptors (Lipinski definition) is 6. The lowest BCUT2D eigenvalue weighted by Gasteiger charge is -2.27. The maximum Gasteiger partial charge on any atom is 0.278 e. The molecule has 7 nitrogen and oxygen atoms in total. The monoisotopic (exact) mass is 369 g/mol. The highest BCUT2D eigenvalue weighted by molar-refractivity contribution is 7.13. The van der Waals surface area contributed by atoms with Gasteiger partial charge in [-0.2, -0.15) is 10.1 Å². The summed E-state index contributed by atoms with van der Waals surface area (Å²) in [5.41, 5.74) is 2.87. The van der Waals surface area contributed by atoms with Gasteiger partial charge in [0.1, 0.15) is 0 Å². The van der Waals surface area contributed by atoms with Crippen LogP contribution in [0.3, 0.4) is 0 Å². The van der Waals surface area contributed by atoms with E-state index in [1.54, 1.807) is 0 Å². The van der Waals surface area contributed by atoms with Gasteiger partial charge in [-0.15, -0.1) is 11.3 Å². The number of hydrogen-bond donors (Lipinski definition) is 0. The molecule has 8 heteroatoms. The van der Waals surface area contributed by atoms with Crippen molar-refractivity contribution >= 4 is 17.2 Å². The van der Waals surface area contributed by atoms with E-state index in [2.05, 4.69) is 15.2 Å². The van der Waals surface area contributed by atoms with Crippen LogP contribution in [0.15, 0.2) is 16.7 Å². The Hall–Kier alpha value is -2.48. The SMILES string of the molecule is Cc1ccc(C(=O)N2CCc3c(c(-c4nc(C5CC5)no4)nn3C)C2)s1. The lowest BCUT2D eigenvalue weighted by Crippen LogP contribution is -2.36. The Labute approximate surface area is 154 Å². The number of carbonyl (C=O) groups excluding carboxylic acids is 1. The summed E-state index contributed by atoms with van der Waals surface area (Å²) < 4.78 is 7.35. The molecule has 4 heterocycles. The van der Waals surface area contributed by atoms with E-state index in [1.165, 1.54) is 11.3 Å². The van der Waals surface area contributed by atoms with Crippen molar-refractivity contribution in [3.63, 3.8) is 0 Å². The number of carbonyl (C=O) groups is 1. The Morgan fingerprint density at radius 1 is 1.35 bits per heavy atom. The zero-order valence-corrected chi connectivity index (χ0v) is 15.5. The van der Waals surface area contributed by atoms with Gasteiger partial charge in [-0.25, -0.2) is 0 Å². The topological polar surface area (TPSA) is 77.1 Å². The third-order valence-corrected chi connectivity index (χ3v) is 6.06. The summed E-state index contributed by atoms with van der Waals surface area (Å²) >= 11 is 1.54. The molecular formula is C18H19N5O2S. The third kappa shape index (κ3) is 2.56.